The van der Waals surface area contributed by atoms with Crippen molar-refractivity contribution in [2.45, 2.75) is 24.7 Å². The molecule has 5 rings (SSSR count). The molecular formula is C27H29FN2O3. The summed E-state index contributed by atoms with van der Waals surface area (Å²) in [6.45, 7) is 3.08. The third-order valence-corrected chi connectivity index (χ3v) is 6.99. The number of amides is 1. The summed E-state index contributed by atoms with van der Waals surface area (Å²) >= 11 is 0. The van der Waals surface area contributed by atoms with Crippen LogP contribution in [0.1, 0.15) is 24.0 Å². The van der Waals surface area contributed by atoms with E-state index < -0.39 is 5.41 Å². The summed E-state index contributed by atoms with van der Waals surface area (Å²) in [5, 5.41) is 1.11. The first-order chi connectivity index (χ1) is 16.2. The number of nitrogens with zero attached hydrogens (tertiary/aromatic N) is 2. The van der Waals surface area contributed by atoms with Crippen LogP contribution in [0.25, 0.3) is 10.9 Å². The van der Waals surface area contributed by atoms with E-state index in [1.165, 1.54) is 6.07 Å². The molecule has 0 N–H and O–H groups in total. The van der Waals surface area contributed by atoms with Crippen molar-refractivity contribution in [2.75, 3.05) is 39.5 Å². The molecule has 1 aromatic heterocycles. The number of rotatable bonds is 4. The molecule has 6 heteroatoms. The first-order valence-electron chi connectivity index (χ1n) is 11.7. The second-order valence-electron chi connectivity index (χ2n) is 9.06. The molecule has 0 aliphatic carbocycles. The first-order valence-corrected chi connectivity index (χ1v) is 11.7. The molecular weight excluding hydrogens is 419 g/mol. The van der Waals surface area contributed by atoms with Crippen molar-refractivity contribution in [3.8, 4) is 0 Å². The molecule has 2 aliphatic rings. The molecule has 2 aromatic carbocycles. The van der Waals surface area contributed by atoms with Gasteiger partial charge in [-0.2, -0.15) is 0 Å². The molecule has 2 aliphatic heterocycles. The van der Waals surface area contributed by atoms with Gasteiger partial charge in [0.15, 0.2) is 0 Å². The van der Waals surface area contributed by atoms with Gasteiger partial charge in [0.25, 0.3) is 0 Å². The fraction of sp³-hybridized carbons (Fsp3) is 0.407. The van der Waals surface area contributed by atoms with E-state index in [-0.39, 0.29) is 17.6 Å². The van der Waals surface area contributed by atoms with Crippen LogP contribution in [0, 0.1) is 11.7 Å². The van der Waals surface area contributed by atoms with E-state index in [9.17, 15) is 9.18 Å². The maximum Gasteiger partial charge on any atom is 0.233 e. The van der Waals surface area contributed by atoms with Crippen molar-refractivity contribution in [1.29, 1.82) is 0 Å². The van der Waals surface area contributed by atoms with Crippen LogP contribution in [-0.2, 0) is 26.1 Å². The lowest BCUT2D eigenvalue weighted by atomic mass is 9.72. The van der Waals surface area contributed by atoms with E-state index in [2.05, 4.69) is 29.2 Å². The lowest BCUT2D eigenvalue weighted by molar-refractivity contribution is -0.142. The Balaban J connectivity index is 1.42. The summed E-state index contributed by atoms with van der Waals surface area (Å²) in [5.74, 6) is -0.193. The summed E-state index contributed by atoms with van der Waals surface area (Å²) in [4.78, 5) is 20.5. The predicted octanol–water partition coefficient (Wildman–Crippen LogP) is 4.14. The average Bonchev–Trinajstić information content (AvgIpc) is 3.10. The Morgan fingerprint density at radius 2 is 1.85 bits per heavy atom. The molecule has 3 heterocycles. The molecule has 2 fully saturated rings. The number of carbonyl (C=O) groups excluding carboxylic acids is 1. The van der Waals surface area contributed by atoms with E-state index in [1.54, 1.807) is 12.1 Å². The zero-order valence-electron chi connectivity index (χ0n) is 18.7. The third-order valence-electron chi connectivity index (χ3n) is 6.99. The van der Waals surface area contributed by atoms with E-state index in [0.29, 0.717) is 57.9 Å². The quantitative estimate of drug-likeness (QED) is 0.602. The van der Waals surface area contributed by atoms with Crippen molar-refractivity contribution >= 4 is 16.8 Å². The minimum Gasteiger partial charge on any atom is -0.381 e. The van der Waals surface area contributed by atoms with Crippen molar-refractivity contribution in [3.63, 3.8) is 0 Å². The van der Waals surface area contributed by atoms with Crippen LogP contribution in [-0.4, -0.2) is 55.3 Å². The second kappa shape index (κ2) is 9.57. The van der Waals surface area contributed by atoms with E-state index in [0.717, 1.165) is 22.9 Å². The molecule has 0 radical (unpaired) electrons. The smallest absolute Gasteiger partial charge is 0.233 e. The Hall–Kier alpha value is -2.83. The van der Waals surface area contributed by atoms with Crippen LogP contribution in [0.5, 0.6) is 0 Å². The molecule has 0 bridgehead atoms. The van der Waals surface area contributed by atoms with E-state index in [1.807, 2.05) is 23.2 Å². The van der Waals surface area contributed by atoms with Gasteiger partial charge in [0.1, 0.15) is 5.82 Å². The zero-order valence-corrected chi connectivity index (χ0v) is 18.7. The van der Waals surface area contributed by atoms with Crippen LogP contribution in [0.2, 0.25) is 0 Å². The van der Waals surface area contributed by atoms with Gasteiger partial charge in [-0.1, -0.05) is 42.5 Å². The summed E-state index contributed by atoms with van der Waals surface area (Å²) < 4.78 is 26.4. The van der Waals surface area contributed by atoms with E-state index >= 15 is 0 Å². The molecule has 2 saturated heterocycles. The topological polar surface area (TPSA) is 51.7 Å². The number of hydrogen-bond acceptors (Lipinski definition) is 4. The minimum absolute atomic E-state index is 0.0116. The maximum atomic E-state index is 14.9. The molecule has 33 heavy (non-hydrogen) atoms. The predicted molar refractivity (Wildman–Crippen MR) is 124 cm³/mol. The molecule has 1 atom stereocenters. The van der Waals surface area contributed by atoms with Crippen molar-refractivity contribution in [1.82, 2.24) is 9.88 Å². The molecule has 1 amide bonds. The Morgan fingerprint density at radius 1 is 1.03 bits per heavy atom. The number of pyridine rings is 1. The first kappa shape index (κ1) is 22.0. The van der Waals surface area contributed by atoms with Crippen LogP contribution in [0.15, 0.2) is 60.8 Å². The Morgan fingerprint density at radius 3 is 2.70 bits per heavy atom. The number of hydrogen-bond donors (Lipinski definition) is 0. The van der Waals surface area contributed by atoms with Gasteiger partial charge in [-0.05, 0) is 37.0 Å². The summed E-state index contributed by atoms with van der Waals surface area (Å²) in [7, 11) is 0. The summed E-state index contributed by atoms with van der Waals surface area (Å²) in [6.07, 6.45) is 3.56. The lowest BCUT2D eigenvalue weighted by Crippen LogP contribution is -2.51. The van der Waals surface area contributed by atoms with Gasteiger partial charge in [0.2, 0.25) is 5.91 Å². The number of benzene rings is 2. The van der Waals surface area contributed by atoms with Gasteiger partial charge in [-0.3, -0.25) is 9.78 Å². The maximum absolute atomic E-state index is 14.9. The van der Waals surface area contributed by atoms with E-state index in [4.69, 9.17) is 9.47 Å². The highest BCUT2D eigenvalue weighted by molar-refractivity contribution is 5.88. The fourth-order valence-corrected chi connectivity index (χ4v) is 5.30. The van der Waals surface area contributed by atoms with Crippen molar-refractivity contribution in [2.24, 2.45) is 5.92 Å². The summed E-state index contributed by atoms with van der Waals surface area (Å²) in [5.41, 5.74) is 1.75. The van der Waals surface area contributed by atoms with Gasteiger partial charge in [-0.15, -0.1) is 0 Å². The van der Waals surface area contributed by atoms with Gasteiger partial charge in [-0.25, -0.2) is 4.39 Å². The SMILES string of the molecule is O=C(N1CCOCC(Cc2cccc3cccnc23)C1)C1(c2ccccc2F)CCOCC1. The minimum atomic E-state index is -0.889. The highest BCUT2D eigenvalue weighted by Gasteiger charge is 2.46. The normalized spacial score (nSPS) is 21.0. The molecule has 5 nitrogen and oxygen atoms in total. The van der Waals surface area contributed by atoms with Gasteiger partial charge in [0.05, 0.1) is 24.1 Å². The molecule has 0 saturated carbocycles. The number of halogens is 1. The van der Waals surface area contributed by atoms with Crippen molar-refractivity contribution < 1.29 is 18.7 Å². The van der Waals surface area contributed by atoms with Crippen LogP contribution < -0.4 is 0 Å². The standard InChI is InChI=1S/C27H29FN2O3/c28-24-9-2-1-8-23(24)27(10-14-32-15-11-27)26(31)30-13-16-33-19-20(18-30)17-22-6-3-5-21-7-4-12-29-25(21)22/h1-9,12,20H,10-11,13-19H2. The number of fused-ring (bicyclic) bond motifs is 1. The zero-order chi connectivity index (χ0) is 22.7. The van der Waals surface area contributed by atoms with Crippen molar-refractivity contribution in [3.05, 3.63) is 77.7 Å². The number of aromatic nitrogens is 1. The highest BCUT2D eigenvalue weighted by Crippen LogP contribution is 2.38. The Kier molecular flexibility index (Phi) is 6.38. The Bertz CT molecular complexity index is 1120. The van der Waals surface area contributed by atoms with Gasteiger partial charge < -0.3 is 14.4 Å². The second-order valence-corrected chi connectivity index (χ2v) is 9.06. The number of carbonyl (C=O) groups is 1. The van der Waals surface area contributed by atoms with Crippen LogP contribution in [0.4, 0.5) is 4.39 Å². The molecule has 0 spiro atoms. The largest absolute Gasteiger partial charge is 0.381 e. The fourth-order valence-electron chi connectivity index (χ4n) is 5.30. The summed E-state index contributed by atoms with van der Waals surface area (Å²) in [6, 6.07) is 16.9. The average molecular weight is 449 g/mol. The number of para-hydroxylation sites is 1. The van der Waals surface area contributed by atoms with Crippen LogP contribution >= 0.6 is 0 Å². The molecule has 172 valence electrons. The third kappa shape index (κ3) is 4.37. The number of ether oxygens (including phenoxy) is 2. The van der Waals surface area contributed by atoms with Gasteiger partial charge >= 0.3 is 0 Å². The lowest BCUT2D eigenvalue weighted by Gasteiger charge is -2.40. The molecule has 1 unspecified atom stereocenters. The molecule has 3 aromatic rings. The Labute approximate surface area is 193 Å². The highest BCUT2D eigenvalue weighted by atomic mass is 19.1. The van der Waals surface area contributed by atoms with Crippen LogP contribution in [0.3, 0.4) is 0 Å². The van der Waals surface area contributed by atoms with Gasteiger partial charge in [0, 0.05) is 49.4 Å². The monoisotopic (exact) mass is 448 g/mol.